The van der Waals surface area contributed by atoms with Gasteiger partial charge in [-0.2, -0.15) is 0 Å². The fraction of sp³-hybridized carbons (Fsp3) is 0.667. The van der Waals surface area contributed by atoms with E-state index < -0.39 is 0 Å². The molecule has 0 saturated heterocycles. The van der Waals surface area contributed by atoms with Gasteiger partial charge in [-0.25, -0.2) is 9.97 Å². The summed E-state index contributed by atoms with van der Waals surface area (Å²) < 4.78 is 0. The van der Waals surface area contributed by atoms with Gasteiger partial charge >= 0.3 is 0 Å². The molecule has 1 rings (SSSR count). The Morgan fingerprint density at radius 2 is 2.05 bits per heavy atom. The maximum Gasteiger partial charge on any atom is 0.271 e. The van der Waals surface area contributed by atoms with Gasteiger partial charge in [-0.1, -0.05) is 46.2 Å². The maximum atomic E-state index is 12.4. The zero-order chi connectivity index (χ0) is 16.2. The molecule has 118 valence electrons. The van der Waals surface area contributed by atoms with Gasteiger partial charge in [0.1, 0.15) is 11.5 Å². The summed E-state index contributed by atoms with van der Waals surface area (Å²) >= 11 is 6.04. The van der Waals surface area contributed by atoms with Crippen LogP contribution in [0.25, 0.3) is 0 Å². The summed E-state index contributed by atoms with van der Waals surface area (Å²) in [5, 5.41) is 12.3. The van der Waals surface area contributed by atoms with Gasteiger partial charge in [-0.3, -0.25) is 4.79 Å². The summed E-state index contributed by atoms with van der Waals surface area (Å²) in [5.74, 6) is 0.362. The Bertz CT molecular complexity index is 498. The monoisotopic (exact) mass is 313 g/mol. The van der Waals surface area contributed by atoms with Crippen molar-refractivity contribution in [2.45, 2.75) is 53.0 Å². The van der Waals surface area contributed by atoms with E-state index in [-0.39, 0.29) is 40.6 Å². The SMILES string of the molecule is CC(C)c1ncc(Cl)c(C(=O)N[C@@H](CCO)C(C)(C)C)n1. The second-order valence-corrected chi connectivity index (χ2v) is 6.89. The van der Waals surface area contributed by atoms with Crippen molar-refractivity contribution < 1.29 is 9.90 Å². The number of nitrogens with one attached hydrogen (secondary N) is 1. The van der Waals surface area contributed by atoms with Crippen LogP contribution in [-0.2, 0) is 0 Å². The van der Waals surface area contributed by atoms with Crippen LogP contribution >= 0.6 is 11.6 Å². The smallest absolute Gasteiger partial charge is 0.271 e. The first-order valence-corrected chi connectivity index (χ1v) is 7.48. The Morgan fingerprint density at radius 3 is 2.52 bits per heavy atom. The van der Waals surface area contributed by atoms with Crippen LogP contribution in [0.2, 0.25) is 5.02 Å². The van der Waals surface area contributed by atoms with E-state index in [0.29, 0.717) is 12.2 Å². The molecule has 2 N–H and O–H groups in total. The molecule has 1 atom stereocenters. The van der Waals surface area contributed by atoms with E-state index in [2.05, 4.69) is 15.3 Å². The Labute approximate surface area is 131 Å². The Balaban J connectivity index is 2.99. The standard InChI is InChI=1S/C15H24ClN3O2/c1-9(2)13-17-8-10(16)12(19-13)14(21)18-11(6-7-20)15(3,4)5/h8-9,11,20H,6-7H2,1-5H3,(H,18,21)/t11-/m0/s1. The molecule has 0 saturated carbocycles. The molecule has 1 aromatic heterocycles. The molecule has 0 aliphatic heterocycles. The van der Waals surface area contributed by atoms with Crippen LogP contribution in [0, 0.1) is 5.41 Å². The Hall–Kier alpha value is -1.20. The number of amides is 1. The van der Waals surface area contributed by atoms with E-state index in [9.17, 15) is 4.79 Å². The molecule has 1 heterocycles. The summed E-state index contributed by atoms with van der Waals surface area (Å²) in [6.07, 6.45) is 1.94. The van der Waals surface area contributed by atoms with Crippen molar-refractivity contribution in [3.63, 3.8) is 0 Å². The van der Waals surface area contributed by atoms with Crippen molar-refractivity contribution in [2.75, 3.05) is 6.61 Å². The number of halogens is 1. The molecular formula is C15H24ClN3O2. The van der Waals surface area contributed by atoms with Crippen LogP contribution in [0.15, 0.2) is 6.20 Å². The topological polar surface area (TPSA) is 75.1 Å². The molecule has 1 aromatic rings. The molecule has 0 bridgehead atoms. The zero-order valence-corrected chi connectivity index (χ0v) is 14.0. The number of rotatable bonds is 5. The molecule has 0 unspecified atom stereocenters. The largest absolute Gasteiger partial charge is 0.396 e. The molecule has 0 fully saturated rings. The lowest BCUT2D eigenvalue weighted by atomic mass is 9.85. The van der Waals surface area contributed by atoms with Crippen LogP contribution in [0.3, 0.4) is 0 Å². The van der Waals surface area contributed by atoms with Crippen molar-refractivity contribution in [2.24, 2.45) is 5.41 Å². The van der Waals surface area contributed by atoms with E-state index >= 15 is 0 Å². The second kappa shape index (κ2) is 7.18. The highest BCUT2D eigenvalue weighted by atomic mass is 35.5. The molecule has 0 radical (unpaired) electrons. The van der Waals surface area contributed by atoms with Crippen LogP contribution < -0.4 is 5.32 Å². The molecule has 6 heteroatoms. The molecule has 1 amide bonds. The van der Waals surface area contributed by atoms with Crippen molar-refractivity contribution >= 4 is 17.5 Å². The summed E-state index contributed by atoms with van der Waals surface area (Å²) in [7, 11) is 0. The molecule has 0 aliphatic rings. The highest BCUT2D eigenvalue weighted by Crippen LogP contribution is 2.23. The van der Waals surface area contributed by atoms with E-state index in [1.54, 1.807) is 0 Å². The molecule has 21 heavy (non-hydrogen) atoms. The number of carbonyl (C=O) groups excluding carboxylic acids is 1. The number of hydrogen-bond acceptors (Lipinski definition) is 4. The van der Waals surface area contributed by atoms with Crippen LogP contribution in [0.5, 0.6) is 0 Å². The predicted octanol–water partition coefficient (Wildman–Crippen LogP) is 2.78. The van der Waals surface area contributed by atoms with Crippen molar-refractivity contribution in [3.8, 4) is 0 Å². The third kappa shape index (κ3) is 4.93. The third-order valence-electron chi connectivity index (χ3n) is 3.26. The first-order valence-electron chi connectivity index (χ1n) is 7.11. The minimum atomic E-state index is -0.335. The fourth-order valence-corrected chi connectivity index (χ4v) is 2.07. The van der Waals surface area contributed by atoms with Crippen molar-refractivity contribution in [1.29, 1.82) is 0 Å². The van der Waals surface area contributed by atoms with Gasteiger partial charge in [0.2, 0.25) is 0 Å². The number of nitrogens with zero attached hydrogens (tertiary/aromatic N) is 2. The third-order valence-corrected chi connectivity index (χ3v) is 3.54. The van der Waals surface area contributed by atoms with Crippen molar-refractivity contribution in [3.05, 3.63) is 22.7 Å². The van der Waals surface area contributed by atoms with E-state index in [0.717, 1.165) is 0 Å². The number of carbonyl (C=O) groups is 1. The maximum absolute atomic E-state index is 12.4. The first-order chi connectivity index (χ1) is 9.66. The van der Waals surface area contributed by atoms with Gasteiger partial charge in [-0.05, 0) is 11.8 Å². The summed E-state index contributed by atoms with van der Waals surface area (Å²) in [5.41, 5.74) is 0.0150. The lowest BCUT2D eigenvalue weighted by molar-refractivity contribution is 0.0879. The number of aliphatic hydroxyl groups is 1. The normalized spacial score (nSPS) is 13.3. The summed E-state index contributed by atoms with van der Waals surface area (Å²) in [6.45, 7) is 9.94. The van der Waals surface area contributed by atoms with Crippen LogP contribution in [-0.4, -0.2) is 33.6 Å². The van der Waals surface area contributed by atoms with Gasteiger partial charge in [0.15, 0.2) is 0 Å². The molecule has 0 spiro atoms. The molecular weight excluding hydrogens is 290 g/mol. The van der Waals surface area contributed by atoms with Gasteiger partial charge in [0.05, 0.1) is 11.2 Å². The Morgan fingerprint density at radius 1 is 1.43 bits per heavy atom. The minimum absolute atomic E-state index is 0.0109. The predicted molar refractivity (Wildman–Crippen MR) is 83.5 cm³/mol. The lowest BCUT2D eigenvalue weighted by Crippen LogP contribution is -2.44. The summed E-state index contributed by atoms with van der Waals surface area (Å²) in [6, 6.07) is -0.163. The van der Waals surface area contributed by atoms with Crippen LogP contribution in [0.1, 0.15) is 63.3 Å². The van der Waals surface area contributed by atoms with Crippen LogP contribution in [0.4, 0.5) is 0 Å². The first kappa shape index (κ1) is 17.9. The molecule has 0 aromatic carbocycles. The second-order valence-electron chi connectivity index (χ2n) is 6.48. The lowest BCUT2D eigenvalue weighted by Gasteiger charge is -2.31. The van der Waals surface area contributed by atoms with Gasteiger partial charge < -0.3 is 10.4 Å². The quantitative estimate of drug-likeness (QED) is 0.876. The van der Waals surface area contributed by atoms with E-state index in [1.807, 2.05) is 34.6 Å². The highest BCUT2D eigenvalue weighted by molar-refractivity contribution is 6.33. The number of aliphatic hydroxyl groups excluding tert-OH is 1. The van der Waals surface area contributed by atoms with Gasteiger partial charge in [0, 0.05) is 18.6 Å². The van der Waals surface area contributed by atoms with Gasteiger partial charge in [-0.15, -0.1) is 0 Å². The highest BCUT2D eigenvalue weighted by Gasteiger charge is 2.27. The summed E-state index contributed by atoms with van der Waals surface area (Å²) in [4.78, 5) is 20.8. The average molecular weight is 314 g/mol. The zero-order valence-electron chi connectivity index (χ0n) is 13.3. The van der Waals surface area contributed by atoms with Crippen molar-refractivity contribution in [1.82, 2.24) is 15.3 Å². The number of aromatic nitrogens is 2. The number of hydrogen-bond donors (Lipinski definition) is 2. The Kier molecular flexibility index (Phi) is 6.10. The van der Waals surface area contributed by atoms with E-state index in [4.69, 9.17) is 16.7 Å². The van der Waals surface area contributed by atoms with Gasteiger partial charge in [0.25, 0.3) is 5.91 Å². The molecule has 0 aliphatic carbocycles. The van der Waals surface area contributed by atoms with E-state index in [1.165, 1.54) is 6.20 Å². The average Bonchev–Trinajstić information content (AvgIpc) is 2.37. The fourth-order valence-electron chi connectivity index (χ4n) is 1.90. The minimum Gasteiger partial charge on any atom is -0.396 e. The molecule has 5 nitrogen and oxygen atoms in total.